The normalized spacial score (nSPS) is 16.1. The molecule has 0 unspecified atom stereocenters. The summed E-state index contributed by atoms with van der Waals surface area (Å²) in [6, 6.07) is 12.0. The monoisotopic (exact) mass is 656 g/mol. The number of rotatable bonds is 5. The topological polar surface area (TPSA) is 61.4 Å². The molecule has 50 heavy (non-hydrogen) atoms. The fourth-order valence-electron chi connectivity index (χ4n) is 6.12. The number of benzene rings is 4. The van der Waals surface area contributed by atoms with Crippen LogP contribution in [-0.4, -0.2) is 29.1 Å². The minimum Gasteiger partial charge on any atom is -0.294 e. The number of aromatic nitrogens is 6. The van der Waals surface area contributed by atoms with Crippen LogP contribution in [0.4, 0.5) is 0 Å². The van der Waals surface area contributed by atoms with Crippen molar-refractivity contribution in [2.75, 3.05) is 0 Å². The SMILES string of the molecule is [2H]c1c([2H])c([2H])c2c(c1[2H])c1c([2H])c([2H])c([2H])c([2H])c1n2-c1cccc(-c2cccc(-c3cccc(-c4cccc(-n5c6c([2H])c([2H])c([2H])c([2H])c6c6c([2H])c([2H])c([2H])c([2H])c65)n4)n3)n2)n1. The smallest absolute Gasteiger partial charge is 0.138 e. The Morgan fingerprint density at radius 3 is 0.900 bits per heavy atom. The molecule has 4 aromatic carbocycles. The Kier molecular flexibility index (Phi) is 3.74. The van der Waals surface area contributed by atoms with Gasteiger partial charge in [0.25, 0.3) is 0 Å². The number of hydrogen-bond donors (Lipinski definition) is 0. The van der Waals surface area contributed by atoms with Gasteiger partial charge in [-0.25, -0.2) is 19.9 Å². The largest absolute Gasteiger partial charge is 0.294 e. The first-order chi connectivity index (χ1) is 31.4. The highest BCUT2D eigenvalue weighted by molar-refractivity contribution is 6.10. The third kappa shape index (κ3) is 4.50. The van der Waals surface area contributed by atoms with Gasteiger partial charge in [-0.3, -0.25) is 9.13 Å². The molecule has 6 heterocycles. The van der Waals surface area contributed by atoms with Crippen molar-refractivity contribution in [2.45, 2.75) is 0 Å². The van der Waals surface area contributed by atoms with E-state index in [1.165, 1.54) is 9.13 Å². The molecule has 0 N–H and O–H groups in total. The van der Waals surface area contributed by atoms with Gasteiger partial charge in [-0.15, -0.1) is 0 Å². The average Bonchev–Trinajstić information content (AvgIpc) is 3.89. The van der Waals surface area contributed by atoms with Gasteiger partial charge in [0.15, 0.2) is 0 Å². The average molecular weight is 657 g/mol. The minimum absolute atomic E-state index is 0.0694. The summed E-state index contributed by atoms with van der Waals surface area (Å²) in [6.45, 7) is 0. The van der Waals surface area contributed by atoms with Crippen molar-refractivity contribution in [2.24, 2.45) is 0 Å². The first kappa shape index (κ1) is 16.5. The summed E-state index contributed by atoms with van der Waals surface area (Å²) in [6.07, 6.45) is 0. The highest BCUT2D eigenvalue weighted by Crippen LogP contribution is 2.34. The molecule has 0 atom stereocenters. The molecule has 0 fully saturated rings. The zero-order chi connectivity index (χ0) is 46.9. The summed E-state index contributed by atoms with van der Waals surface area (Å²) in [5.41, 5.74) is 1.91. The number of nitrogens with zero attached hydrogens (tertiary/aromatic N) is 6. The van der Waals surface area contributed by atoms with Gasteiger partial charge in [0, 0.05) is 21.5 Å². The van der Waals surface area contributed by atoms with Crippen LogP contribution in [0.15, 0.2) is 169 Å². The van der Waals surface area contributed by atoms with E-state index in [4.69, 9.17) is 41.9 Å². The molecule has 6 aromatic heterocycles. The summed E-state index contributed by atoms with van der Waals surface area (Å²) >= 11 is 0. The van der Waals surface area contributed by atoms with Crippen molar-refractivity contribution in [3.63, 3.8) is 0 Å². The zero-order valence-corrected chi connectivity index (χ0v) is 25.6. The van der Waals surface area contributed by atoms with E-state index < -0.39 is 96.7 Å². The summed E-state index contributed by atoms with van der Waals surface area (Å²) < 4.78 is 140. The van der Waals surface area contributed by atoms with Gasteiger partial charge in [0.05, 0.1) is 78.2 Å². The molecule has 234 valence electrons. The number of para-hydroxylation sites is 4. The third-order valence-corrected chi connectivity index (χ3v) is 8.28. The van der Waals surface area contributed by atoms with Crippen molar-refractivity contribution < 1.29 is 21.9 Å². The molecule has 0 spiro atoms. The third-order valence-electron chi connectivity index (χ3n) is 8.28. The Bertz CT molecular complexity index is 3410. The maximum atomic E-state index is 8.86. The van der Waals surface area contributed by atoms with Gasteiger partial charge >= 0.3 is 0 Å². The number of hydrogen-bond acceptors (Lipinski definition) is 4. The van der Waals surface area contributed by atoms with E-state index in [-0.39, 0.29) is 55.2 Å². The lowest BCUT2D eigenvalue weighted by Gasteiger charge is -2.10. The van der Waals surface area contributed by atoms with Crippen LogP contribution in [0.1, 0.15) is 21.9 Å². The predicted octanol–water partition coefficient (Wildman–Crippen LogP) is 10.5. The molecule has 0 aliphatic carbocycles. The maximum Gasteiger partial charge on any atom is 0.138 e. The van der Waals surface area contributed by atoms with Crippen LogP contribution in [0, 0.1) is 0 Å². The molecule has 10 rings (SSSR count). The minimum atomic E-state index is -0.553. The van der Waals surface area contributed by atoms with Gasteiger partial charge < -0.3 is 0 Å². The van der Waals surface area contributed by atoms with E-state index in [1.807, 2.05) is 0 Å². The number of pyridine rings is 4. The molecular formula is C44H28N6. The lowest BCUT2D eigenvalue weighted by Crippen LogP contribution is -2.00. The van der Waals surface area contributed by atoms with Crippen LogP contribution in [-0.2, 0) is 0 Å². The second kappa shape index (κ2) is 11.4. The van der Waals surface area contributed by atoms with Gasteiger partial charge in [0.2, 0.25) is 0 Å². The van der Waals surface area contributed by atoms with Crippen LogP contribution in [0.25, 0.3) is 89.4 Å². The molecule has 0 radical (unpaired) electrons. The predicted molar refractivity (Wildman–Crippen MR) is 203 cm³/mol. The quantitative estimate of drug-likeness (QED) is 0.185. The fourth-order valence-corrected chi connectivity index (χ4v) is 6.12. The van der Waals surface area contributed by atoms with Crippen LogP contribution in [0.5, 0.6) is 0 Å². The van der Waals surface area contributed by atoms with Crippen molar-refractivity contribution in [1.82, 2.24) is 29.1 Å². The Hall–Kier alpha value is -6.92. The van der Waals surface area contributed by atoms with Crippen molar-refractivity contribution in [3.8, 4) is 45.8 Å². The van der Waals surface area contributed by atoms with E-state index >= 15 is 0 Å². The molecule has 0 aliphatic heterocycles. The first-order valence-corrected chi connectivity index (χ1v) is 15.4. The van der Waals surface area contributed by atoms with Gasteiger partial charge in [-0.05, 0) is 72.7 Å². The maximum absolute atomic E-state index is 8.86. The highest BCUT2D eigenvalue weighted by Gasteiger charge is 2.16. The van der Waals surface area contributed by atoms with Crippen molar-refractivity contribution >= 4 is 43.6 Å². The van der Waals surface area contributed by atoms with Crippen LogP contribution >= 0.6 is 0 Å². The molecule has 10 aromatic rings. The Balaban J connectivity index is 1.09. The standard InChI is InChI=1S/C44H28N6/c1-5-23-39-29(13-1)30-14-2-6-24-40(30)49(39)43-27-11-21-37(47-43)35-19-9-17-33(45-35)34-18-10-20-36(46-34)38-22-12-28-44(48-38)50-41-25-7-3-15-31(41)32-16-4-8-26-42(32)50/h1-28H/i1D,2D,3D,4D,5D,6D,7D,8D,13D,14D,15D,16D,23D,24D,25D,26D. The molecule has 0 bridgehead atoms. The van der Waals surface area contributed by atoms with E-state index in [0.29, 0.717) is 34.2 Å². The second-order valence-electron chi connectivity index (χ2n) is 11.1. The summed E-state index contributed by atoms with van der Waals surface area (Å²) in [5.74, 6) is 0.213. The van der Waals surface area contributed by atoms with Crippen molar-refractivity contribution in [3.05, 3.63) is 169 Å². The lowest BCUT2D eigenvalue weighted by molar-refractivity contribution is 1.07. The first-order valence-electron chi connectivity index (χ1n) is 23.4. The Morgan fingerprint density at radius 1 is 0.320 bits per heavy atom. The summed E-state index contributed by atoms with van der Waals surface area (Å²) in [7, 11) is 0. The second-order valence-corrected chi connectivity index (χ2v) is 11.1. The number of fused-ring (bicyclic) bond motifs is 6. The van der Waals surface area contributed by atoms with Gasteiger partial charge in [0.1, 0.15) is 11.6 Å². The summed E-state index contributed by atoms with van der Waals surface area (Å²) in [5, 5.41) is -0.288. The molecular weight excluding hydrogens is 613 g/mol. The van der Waals surface area contributed by atoms with Crippen LogP contribution in [0.2, 0.25) is 0 Å². The molecule has 0 aliphatic rings. The van der Waals surface area contributed by atoms with E-state index in [1.54, 1.807) is 72.8 Å². The van der Waals surface area contributed by atoms with E-state index in [9.17, 15) is 0 Å². The van der Waals surface area contributed by atoms with Gasteiger partial charge in [-0.1, -0.05) is 96.8 Å². The zero-order valence-electron chi connectivity index (χ0n) is 41.6. The van der Waals surface area contributed by atoms with Crippen LogP contribution < -0.4 is 0 Å². The van der Waals surface area contributed by atoms with Gasteiger partial charge in [-0.2, -0.15) is 0 Å². The fraction of sp³-hybridized carbons (Fsp3) is 0. The molecule has 6 heteroatoms. The molecule has 0 saturated carbocycles. The van der Waals surface area contributed by atoms with E-state index in [2.05, 4.69) is 0 Å². The van der Waals surface area contributed by atoms with Crippen molar-refractivity contribution in [1.29, 1.82) is 0 Å². The Labute approximate surface area is 310 Å². The lowest BCUT2D eigenvalue weighted by atomic mass is 10.1. The molecule has 6 nitrogen and oxygen atoms in total. The molecule has 0 amide bonds. The molecule has 0 saturated heterocycles. The summed E-state index contributed by atoms with van der Waals surface area (Å²) in [4.78, 5) is 19.4. The Morgan fingerprint density at radius 2 is 0.580 bits per heavy atom. The van der Waals surface area contributed by atoms with E-state index in [0.717, 1.165) is 0 Å². The van der Waals surface area contributed by atoms with Crippen LogP contribution in [0.3, 0.4) is 0 Å². The highest BCUT2D eigenvalue weighted by atomic mass is 15.1.